The van der Waals surface area contributed by atoms with Crippen molar-refractivity contribution in [3.8, 4) is 5.75 Å². The minimum atomic E-state index is -4.14. The highest BCUT2D eigenvalue weighted by atomic mass is 32.2. The molecule has 0 saturated heterocycles. The van der Waals surface area contributed by atoms with E-state index in [1.165, 1.54) is 17.0 Å². The lowest BCUT2D eigenvalue weighted by molar-refractivity contribution is -0.141. The van der Waals surface area contributed by atoms with Gasteiger partial charge in [0.2, 0.25) is 11.8 Å². The van der Waals surface area contributed by atoms with Crippen molar-refractivity contribution in [1.82, 2.24) is 10.2 Å². The molecule has 0 unspecified atom stereocenters. The molecule has 0 aliphatic carbocycles. The molecular weight excluding hydrogens is 550 g/mol. The molecule has 3 rings (SSSR count). The van der Waals surface area contributed by atoms with Gasteiger partial charge in [0.1, 0.15) is 18.3 Å². The summed E-state index contributed by atoms with van der Waals surface area (Å²) in [6.07, 6.45) is 0.354. The second kappa shape index (κ2) is 13.9. The fourth-order valence-corrected chi connectivity index (χ4v) is 6.04. The van der Waals surface area contributed by atoms with E-state index in [1.807, 2.05) is 72.7 Å². The molecular formula is C33H43N3O5S. The average Bonchev–Trinajstić information content (AvgIpc) is 2.91. The summed E-state index contributed by atoms with van der Waals surface area (Å²) in [6, 6.07) is 20.0. The highest BCUT2D eigenvalue weighted by molar-refractivity contribution is 7.92. The summed E-state index contributed by atoms with van der Waals surface area (Å²) in [5.41, 5.74) is 2.59. The molecule has 3 aromatic carbocycles. The Kier molecular flexibility index (Phi) is 10.8. The van der Waals surface area contributed by atoms with Crippen molar-refractivity contribution >= 4 is 27.5 Å². The SMILES string of the molecule is CCOc1ccc(N(CC(=O)N(Cc2cccc(C)c2)[C@@H](CC)C(=O)NC(C)(C)C)S(=O)(=O)c2ccc(C)cc2)cc1. The van der Waals surface area contributed by atoms with E-state index in [0.717, 1.165) is 21.0 Å². The molecule has 0 aliphatic heterocycles. The van der Waals surface area contributed by atoms with Gasteiger partial charge in [-0.05, 0) is 89.9 Å². The van der Waals surface area contributed by atoms with E-state index in [9.17, 15) is 18.0 Å². The van der Waals surface area contributed by atoms with E-state index in [-0.39, 0.29) is 17.3 Å². The predicted molar refractivity (Wildman–Crippen MR) is 167 cm³/mol. The number of rotatable bonds is 12. The highest BCUT2D eigenvalue weighted by Gasteiger charge is 2.34. The van der Waals surface area contributed by atoms with Gasteiger partial charge in [-0.2, -0.15) is 0 Å². The van der Waals surface area contributed by atoms with Crippen LogP contribution >= 0.6 is 0 Å². The van der Waals surface area contributed by atoms with Crippen LogP contribution in [0, 0.1) is 13.8 Å². The van der Waals surface area contributed by atoms with Gasteiger partial charge in [-0.1, -0.05) is 54.4 Å². The Bertz CT molecular complexity index is 1460. The van der Waals surface area contributed by atoms with Gasteiger partial charge < -0.3 is 15.0 Å². The van der Waals surface area contributed by atoms with Crippen molar-refractivity contribution in [2.75, 3.05) is 17.5 Å². The quantitative estimate of drug-likeness (QED) is 0.294. The number of carbonyl (C=O) groups excluding carboxylic acids is 2. The number of anilines is 1. The molecule has 2 amide bonds. The first-order valence-corrected chi connectivity index (χ1v) is 15.7. The van der Waals surface area contributed by atoms with Crippen molar-refractivity contribution in [3.63, 3.8) is 0 Å². The molecule has 0 aliphatic rings. The summed E-state index contributed by atoms with van der Waals surface area (Å²) in [4.78, 5) is 29.2. The van der Waals surface area contributed by atoms with Crippen molar-refractivity contribution in [2.24, 2.45) is 0 Å². The summed E-state index contributed by atoms with van der Waals surface area (Å²) in [5.74, 6) is -0.191. The topological polar surface area (TPSA) is 96.0 Å². The first-order valence-electron chi connectivity index (χ1n) is 14.2. The van der Waals surface area contributed by atoms with Crippen LogP contribution in [0.5, 0.6) is 5.75 Å². The zero-order valence-electron chi connectivity index (χ0n) is 25.7. The fraction of sp³-hybridized carbons (Fsp3) is 0.394. The third-order valence-corrected chi connectivity index (χ3v) is 8.43. The molecule has 8 nitrogen and oxygen atoms in total. The summed E-state index contributed by atoms with van der Waals surface area (Å²) in [5, 5.41) is 2.99. The third kappa shape index (κ3) is 8.58. The standard InChI is InChI=1S/C33H43N3O5S/c1-8-30(32(38)34-33(5,6)7)35(22-26-12-10-11-25(4)21-26)31(37)23-36(27-15-17-28(18-16-27)41-9-2)42(39,40)29-19-13-24(3)14-20-29/h10-21,30H,8-9,22-23H2,1-7H3,(H,34,38)/t30-/m0/s1. The van der Waals surface area contributed by atoms with Gasteiger partial charge in [0.25, 0.3) is 10.0 Å². The lowest BCUT2D eigenvalue weighted by Crippen LogP contribution is -2.55. The van der Waals surface area contributed by atoms with Crippen molar-refractivity contribution < 1.29 is 22.7 Å². The molecule has 1 N–H and O–H groups in total. The number of carbonyl (C=O) groups is 2. The number of nitrogens with one attached hydrogen (secondary N) is 1. The average molecular weight is 594 g/mol. The zero-order chi connectivity index (χ0) is 31.1. The van der Waals surface area contributed by atoms with Gasteiger partial charge in [0, 0.05) is 12.1 Å². The molecule has 0 fully saturated rings. The third-order valence-electron chi connectivity index (χ3n) is 6.64. The summed E-state index contributed by atoms with van der Waals surface area (Å²) < 4.78 is 34.7. The number of hydrogen-bond acceptors (Lipinski definition) is 5. The minimum Gasteiger partial charge on any atom is -0.494 e. The number of ether oxygens (including phenoxy) is 1. The maximum Gasteiger partial charge on any atom is 0.264 e. The fourth-order valence-electron chi connectivity index (χ4n) is 4.62. The van der Waals surface area contributed by atoms with E-state index in [2.05, 4.69) is 5.32 Å². The zero-order valence-corrected chi connectivity index (χ0v) is 26.5. The molecule has 0 spiro atoms. The van der Waals surface area contributed by atoms with E-state index in [0.29, 0.717) is 24.5 Å². The summed E-state index contributed by atoms with van der Waals surface area (Å²) >= 11 is 0. The van der Waals surface area contributed by atoms with Gasteiger partial charge in [-0.3, -0.25) is 13.9 Å². The van der Waals surface area contributed by atoms with Crippen LogP contribution in [-0.2, 0) is 26.2 Å². The maximum atomic E-state index is 14.2. The van der Waals surface area contributed by atoms with Gasteiger partial charge in [0.15, 0.2) is 0 Å². The minimum absolute atomic E-state index is 0.0672. The largest absolute Gasteiger partial charge is 0.494 e. The lowest BCUT2D eigenvalue weighted by Gasteiger charge is -2.35. The molecule has 0 heterocycles. The summed E-state index contributed by atoms with van der Waals surface area (Å²) in [7, 11) is -4.14. The van der Waals surface area contributed by atoms with Crippen molar-refractivity contribution in [2.45, 2.75) is 77.9 Å². The van der Waals surface area contributed by atoms with Crippen molar-refractivity contribution in [1.29, 1.82) is 0 Å². The lowest BCUT2D eigenvalue weighted by atomic mass is 10.0. The monoisotopic (exact) mass is 593 g/mol. The van der Waals surface area contributed by atoms with E-state index in [1.54, 1.807) is 36.4 Å². The number of sulfonamides is 1. The Morgan fingerprint density at radius 1 is 0.905 bits per heavy atom. The number of hydrogen-bond donors (Lipinski definition) is 1. The Hall–Kier alpha value is -3.85. The molecule has 0 aromatic heterocycles. The van der Waals surface area contributed by atoms with E-state index >= 15 is 0 Å². The Morgan fingerprint density at radius 3 is 2.10 bits per heavy atom. The Morgan fingerprint density at radius 2 is 1.55 bits per heavy atom. The summed E-state index contributed by atoms with van der Waals surface area (Å²) in [6.45, 7) is 13.3. The maximum absolute atomic E-state index is 14.2. The molecule has 42 heavy (non-hydrogen) atoms. The molecule has 1 atom stereocenters. The second-order valence-electron chi connectivity index (χ2n) is 11.4. The molecule has 0 bridgehead atoms. The molecule has 226 valence electrons. The Balaban J connectivity index is 2.08. The van der Waals surface area contributed by atoms with Crippen LogP contribution in [0.2, 0.25) is 0 Å². The van der Waals surface area contributed by atoms with Crippen LogP contribution in [0.3, 0.4) is 0 Å². The van der Waals surface area contributed by atoms with Crippen LogP contribution in [0.4, 0.5) is 5.69 Å². The second-order valence-corrected chi connectivity index (χ2v) is 13.3. The smallest absolute Gasteiger partial charge is 0.264 e. The predicted octanol–water partition coefficient (Wildman–Crippen LogP) is 5.62. The van der Waals surface area contributed by atoms with Crippen molar-refractivity contribution in [3.05, 3.63) is 89.5 Å². The molecule has 0 radical (unpaired) electrons. The highest BCUT2D eigenvalue weighted by Crippen LogP contribution is 2.27. The van der Waals surface area contributed by atoms with E-state index in [4.69, 9.17) is 4.74 Å². The van der Waals surface area contributed by atoms with E-state index < -0.39 is 34.1 Å². The number of aryl methyl sites for hydroxylation is 2. The van der Waals surface area contributed by atoms with Gasteiger partial charge >= 0.3 is 0 Å². The first kappa shape index (κ1) is 32.7. The number of benzene rings is 3. The molecule has 9 heteroatoms. The van der Waals surface area contributed by atoms with Crippen LogP contribution in [0.1, 0.15) is 57.7 Å². The van der Waals surface area contributed by atoms with Gasteiger partial charge in [-0.25, -0.2) is 8.42 Å². The number of amides is 2. The van der Waals surface area contributed by atoms with Crippen LogP contribution in [-0.4, -0.2) is 49.9 Å². The normalized spacial score (nSPS) is 12.4. The first-order chi connectivity index (χ1) is 19.7. The van der Waals surface area contributed by atoms with Crippen LogP contribution in [0.25, 0.3) is 0 Å². The molecule has 0 saturated carbocycles. The van der Waals surface area contributed by atoms with Gasteiger partial charge in [-0.15, -0.1) is 0 Å². The molecule has 3 aromatic rings. The van der Waals surface area contributed by atoms with Crippen LogP contribution in [0.15, 0.2) is 77.7 Å². The van der Waals surface area contributed by atoms with Crippen LogP contribution < -0.4 is 14.4 Å². The Labute approximate surface area is 250 Å². The number of nitrogens with zero attached hydrogens (tertiary/aromatic N) is 2. The van der Waals surface area contributed by atoms with Gasteiger partial charge in [0.05, 0.1) is 17.2 Å².